The summed E-state index contributed by atoms with van der Waals surface area (Å²) < 4.78 is 21.5. The second-order valence-electron chi connectivity index (χ2n) is 7.00. The van der Waals surface area contributed by atoms with Gasteiger partial charge in [0.25, 0.3) is 11.5 Å². The van der Waals surface area contributed by atoms with E-state index in [0.29, 0.717) is 5.76 Å². The molecule has 0 aliphatic rings. The minimum atomic E-state index is -0.808. The number of nitrogens with zero attached hydrogens (tertiary/aromatic N) is 1. The Balaban J connectivity index is 2.70. The Labute approximate surface area is 169 Å². The van der Waals surface area contributed by atoms with Crippen LogP contribution in [0.3, 0.4) is 0 Å². The van der Waals surface area contributed by atoms with Gasteiger partial charge in [-0.15, -0.1) is 0 Å². The van der Waals surface area contributed by atoms with Crippen molar-refractivity contribution in [2.24, 2.45) is 12.8 Å². The molecule has 0 fully saturated rings. The number of ether oxygens (including phenoxy) is 1. The van der Waals surface area contributed by atoms with Crippen molar-refractivity contribution in [3.8, 4) is 5.75 Å². The predicted octanol–water partition coefficient (Wildman–Crippen LogP) is 4.31. The zero-order chi connectivity index (χ0) is 21.9. The number of primary amides is 1. The largest absolute Gasteiger partial charge is 0.456 e. The number of hydrogen-bond donors (Lipinski definition) is 2. The fourth-order valence-electron chi connectivity index (χ4n) is 2.81. The van der Waals surface area contributed by atoms with Crippen molar-refractivity contribution in [3.63, 3.8) is 0 Å². The maximum Gasteiger partial charge on any atom is 0.256 e. The summed E-state index contributed by atoms with van der Waals surface area (Å²) in [6.45, 7) is 9.18. The molecule has 1 aromatic carbocycles. The Morgan fingerprint density at radius 2 is 1.90 bits per heavy atom. The van der Waals surface area contributed by atoms with Gasteiger partial charge in [0, 0.05) is 13.1 Å². The Kier molecular flexibility index (Phi) is 6.64. The molecule has 2 aromatic rings. The number of halogens is 1. The summed E-state index contributed by atoms with van der Waals surface area (Å²) in [7, 11) is 1.46. The van der Waals surface area contributed by atoms with Crippen molar-refractivity contribution in [3.05, 3.63) is 74.5 Å². The van der Waals surface area contributed by atoms with E-state index < -0.39 is 17.3 Å². The molecule has 0 unspecified atom stereocenters. The van der Waals surface area contributed by atoms with E-state index in [0.717, 1.165) is 16.7 Å². The molecule has 1 heterocycles. The number of nitrogens with one attached hydrogen (secondary N) is 1. The van der Waals surface area contributed by atoms with Crippen molar-refractivity contribution in [1.29, 1.82) is 0 Å². The van der Waals surface area contributed by atoms with Crippen molar-refractivity contribution < 1.29 is 13.9 Å². The second kappa shape index (κ2) is 8.77. The lowest BCUT2D eigenvalue weighted by molar-refractivity contribution is 0.0998. The molecule has 0 aliphatic carbocycles. The highest BCUT2D eigenvalue weighted by Gasteiger charge is 2.22. The van der Waals surface area contributed by atoms with Crippen LogP contribution in [0.15, 0.2) is 52.0 Å². The SMILES string of the molecule is C/C=C(/C)C(Oc1cc(=O)n(C)c(Nc2ccc(C)cc2F)c1C(N)=O)=C(C)C. The maximum atomic E-state index is 14.4. The van der Waals surface area contributed by atoms with E-state index in [1.54, 1.807) is 13.0 Å². The van der Waals surface area contributed by atoms with Gasteiger partial charge in [0.05, 0.1) is 5.69 Å². The Morgan fingerprint density at radius 1 is 1.24 bits per heavy atom. The third-order valence-corrected chi connectivity index (χ3v) is 4.49. The van der Waals surface area contributed by atoms with Crippen molar-refractivity contribution >= 4 is 17.4 Å². The third-order valence-electron chi connectivity index (χ3n) is 4.49. The molecule has 6 nitrogen and oxygen atoms in total. The number of nitrogens with two attached hydrogens (primary N) is 1. The normalized spacial score (nSPS) is 11.2. The number of anilines is 2. The van der Waals surface area contributed by atoms with Gasteiger partial charge in [-0.3, -0.25) is 14.2 Å². The Bertz CT molecular complexity index is 1080. The predicted molar refractivity (Wildman–Crippen MR) is 113 cm³/mol. The molecule has 0 saturated heterocycles. The summed E-state index contributed by atoms with van der Waals surface area (Å²) in [5.41, 5.74) is 7.67. The van der Waals surface area contributed by atoms with Crippen LogP contribution in [0.2, 0.25) is 0 Å². The van der Waals surface area contributed by atoms with Crippen LogP contribution in [-0.2, 0) is 7.05 Å². The molecule has 154 valence electrons. The van der Waals surface area contributed by atoms with Crippen molar-refractivity contribution in [2.45, 2.75) is 34.6 Å². The highest BCUT2D eigenvalue weighted by molar-refractivity contribution is 6.01. The molecule has 0 bridgehead atoms. The van der Waals surface area contributed by atoms with Crippen LogP contribution in [0.5, 0.6) is 5.75 Å². The number of benzene rings is 1. The fourth-order valence-corrected chi connectivity index (χ4v) is 2.81. The number of rotatable bonds is 6. The van der Waals surface area contributed by atoms with E-state index in [1.165, 1.54) is 29.8 Å². The highest BCUT2D eigenvalue weighted by Crippen LogP contribution is 2.31. The van der Waals surface area contributed by atoms with Crippen LogP contribution in [0.4, 0.5) is 15.9 Å². The smallest absolute Gasteiger partial charge is 0.256 e. The summed E-state index contributed by atoms with van der Waals surface area (Å²) in [5, 5.41) is 2.82. The van der Waals surface area contributed by atoms with Crippen LogP contribution in [-0.4, -0.2) is 10.5 Å². The van der Waals surface area contributed by atoms with Gasteiger partial charge in [-0.1, -0.05) is 12.1 Å². The number of carbonyl (C=O) groups is 1. The van der Waals surface area contributed by atoms with Crippen LogP contribution < -0.4 is 21.3 Å². The van der Waals surface area contributed by atoms with E-state index in [2.05, 4.69) is 5.32 Å². The molecule has 0 spiro atoms. The van der Waals surface area contributed by atoms with Gasteiger partial charge in [0.15, 0.2) is 0 Å². The lowest BCUT2D eigenvalue weighted by atomic mass is 10.1. The molecule has 0 saturated carbocycles. The molecular weight excluding hydrogens is 373 g/mol. The van der Waals surface area contributed by atoms with Gasteiger partial charge in [-0.2, -0.15) is 0 Å². The molecule has 0 aliphatic heterocycles. The first kappa shape index (κ1) is 21.9. The van der Waals surface area contributed by atoms with Gasteiger partial charge in [0.1, 0.15) is 28.7 Å². The monoisotopic (exact) mass is 399 g/mol. The van der Waals surface area contributed by atoms with E-state index in [4.69, 9.17) is 10.5 Å². The number of hydrogen-bond acceptors (Lipinski definition) is 4. The second-order valence-corrected chi connectivity index (χ2v) is 7.00. The maximum absolute atomic E-state index is 14.4. The van der Waals surface area contributed by atoms with Crippen LogP contribution in [0, 0.1) is 12.7 Å². The molecule has 1 amide bonds. The van der Waals surface area contributed by atoms with Gasteiger partial charge in [0.2, 0.25) is 0 Å². The van der Waals surface area contributed by atoms with Crippen LogP contribution in [0.25, 0.3) is 0 Å². The van der Waals surface area contributed by atoms with Gasteiger partial charge in [-0.25, -0.2) is 4.39 Å². The van der Waals surface area contributed by atoms with Crippen LogP contribution >= 0.6 is 0 Å². The van der Waals surface area contributed by atoms with Gasteiger partial charge >= 0.3 is 0 Å². The first-order valence-corrected chi connectivity index (χ1v) is 9.12. The quantitative estimate of drug-likeness (QED) is 0.560. The number of amides is 1. The minimum Gasteiger partial charge on any atom is -0.456 e. The molecular formula is C22H26FN3O3. The first-order chi connectivity index (χ1) is 13.6. The molecule has 3 N–H and O–H groups in total. The lowest BCUT2D eigenvalue weighted by Crippen LogP contribution is -2.26. The summed E-state index contributed by atoms with van der Waals surface area (Å²) in [6, 6.07) is 5.79. The van der Waals surface area contributed by atoms with E-state index in [-0.39, 0.29) is 22.8 Å². The Hall–Kier alpha value is -3.35. The summed E-state index contributed by atoms with van der Waals surface area (Å²) in [5.74, 6) is -0.747. The van der Waals surface area contributed by atoms with Gasteiger partial charge < -0.3 is 15.8 Å². The van der Waals surface area contributed by atoms with Crippen molar-refractivity contribution in [2.75, 3.05) is 5.32 Å². The minimum absolute atomic E-state index is 0.00743. The average molecular weight is 399 g/mol. The Morgan fingerprint density at radius 3 is 2.41 bits per heavy atom. The zero-order valence-electron chi connectivity index (χ0n) is 17.5. The van der Waals surface area contributed by atoms with Gasteiger partial charge in [-0.05, 0) is 63.5 Å². The number of carbonyl (C=O) groups excluding carboxylic acids is 1. The number of aromatic nitrogens is 1. The number of allylic oxidation sites excluding steroid dienone is 3. The highest BCUT2D eigenvalue weighted by atomic mass is 19.1. The molecule has 0 atom stereocenters. The van der Waals surface area contributed by atoms with E-state index >= 15 is 0 Å². The average Bonchev–Trinajstić information content (AvgIpc) is 2.64. The first-order valence-electron chi connectivity index (χ1n) is 9.12. The topological polar surface area (TPSA) is 86.3 Å². The summed E-state index contributed by atoms with van der Waals surface area (Å²) >= 11 is 0. The van der Waals surface area contributed by atoms with E-state index in [1.807, 2.05) is 33.8 Å². The number of aryl methyl sites for hydroxylation is 1. The molecule has 0 radical (unpaired) electrons. The molecule has 1 aromatic heterocycles. The molecule has 29 heavy (non-hydrogen) atoms. The zero-order valence-corrected chi connectivity index (χ0v) is 17.5. The molecule has 7 heteroatoms. The number of pyridine rings is 1. The van der Waals surface area contributed by atoms with Crippen LogP contribution in [0.1, 0.15) is 43.6 Å². The van der Waals surface area contributed by atoms with E-state index in [9.17, 15) is 14.0 Å². The lowest BCUT2D eigenvalue weighted by Gasteiger charge is -2.20. The summed E-state index contributed by atoms with van der Waals surface area (Å²) in [4.78, 5) is 24.8. The fraction of sp³-hybridized carbons (Fsp3) is 0.273. The molecule has 2 rings (SSSR count). The van der Waals surface area contributed by atoms with Crippen molar-refractivity contribution in [1.82, 2.24) is 4.57 Å². The third kappa shape index (κ3) is 4.74. The standard InChI is InChI=1S/C22H26FN3O3/c1-7-14(5)20(12(2)3)29-17-11-18(27)26(6)22(19(17)21(24)28)25-16-9-8-13(4)10-15(16)23/h7-11,25H,1-6H3,(H2,24,28)/b14-7-. The summed E-state index contributed by atoms with van der Waals surface area (Å²) in [6.07, 6.45) is 1.86.